The Morgan fingerprint density at radius 2 is 2.03 bits per heavy atom. The summed E-state index contributed by atoms with van der Waals surface area (Å²) in [6.07, 6.45) is 2.37. The second-order valence-corrected chi connectivity index (χ2v) is 7.61. The number of aliphatic hydroxyl groups excluding tert-OH is 1. The summed E-state index contributed by atoms with van der Waals surface area (Å²) < 4.78 is 43.9. The Morgan fingerprint density at radius 1 is 1.31 bits per heavy atom. The van der Waals surface area contributed by atoms with Gasteiger partial charge < -0.3 is 20.1 Å². The fraction of sp³-hybridized carbons (Fsp3) is 0.250. The van der Waals surface area contributed by atoms with Crippen LogP contribution in [-0.2, 0) is 0 Å². The number of nitrogens with zero attached hydrogens (tertiary/aromatic N) is 3. The molecule has 0 bridgehead atoms. The Labute approximate surface area is 185 Å². The van der Waals surface area contributed by atoms with Crippen LogP contribution in [0.2, 0.25) is 0 Å². The first kappa shape index (κ1) is 21.9. The van der Waals surface area contributed by atoms with Gasteiger partial charge >= 0.3 is 5.57 Å². The predicted octanol–water partition coefficient (Wildman–Crippen LogP) is 3.46. The first-order chi connectivity index (χ1) is 15.2. The molecule has 0 spiro atoms. The summed E-state index contributed by atoms with van der Waals surface area (Å²) >= 11 is 4.72. The van der Waals surface area contributed by atoms with Crippen molar-refractivity contribution in [3.8, 4) is 17.0 Å². The standard InChI is InChI=1S/C20H17ClF3N5O3/c21-20(23,24)32-14-3-1-13(2-4-14)27-19(31)12-5-15(17-16(22)7-26-28-17)18(25-6-12)29-8-11(9-29)10-30/h1-7,11,30H,8-10H2,(H,26,28)(H,27,31). The van der Waals surface area contributed by atoms with E-state index in [-0.39, 0.29) is 29.5 Å². The highest BCUT2D eigenvalue weighted by Crippen LogP contribution is 2.34. The normalized spacial score (nSPS) is 14.2. The Kier molecular flexibility index (Phi) is 5.94. The van der Waals surface area contributed by atoms with Gasteiger partial charge in [-0.1, -0.05) is 0 Å². The summed E-state index contributed by atoms with van der Waals surface area (Å²) in [6.45, 7) is 1.14. The number of rotatable bonds is 7. The van der Waals surface area contributed by atoms with E-state index in [1.54, 1.807) is 0 Å². The van der Waals surface area contributed by atoms with Gasteiger partial charge in [0.1, 0.15) is 17.3 Å². The molecule has 1 amide bonds. The number of anilines is 2. The first-order valence-electron chi connectivity index (χ1n) is 9.46. The lowest BCUT2D eigenvalue weighted by Crippen LogP contribution is -2.49. The minimum Gasteiger partial charge on any atom is -0.420 e. The van der Waals surface area contributed by atoms with Crippen LogP contribution in [0.5, 0.6) is 5.75 Å². The quantitative estimate of drug-likeness (QED) is 0.460. The lowest BCUT2D eigenvalue weighted by atomic mass is 9.99. The smallest absolute Gasteiger partial charge is 0.420 e. The Morgan fingerprint density at radius 3 is 2.62 bits per heavy atom. The topological polar surface area (TPSA) is 103 Å². The van der Waals surface area contributed by atoms with E-state index < -0.39 is 17.3 Å². The van der Waals surface area contributed by atoms with Gasteiger partial charge in [-0.25, -0.2) is 9.37 Å². The van der Waals surface area contributed by atoms with Gasteiger partial charge in [-0.15, -0.1) is 8.78 Å². The van der Waals surface area contributed by atoms with Gasteiger partial charge in [0.25, 0.3) is 5.91 Å². The number of hydrogen-bond donors (Lipinski definition) is 3. The Hall–Kier alpha value is -3.31. The zero-order valence-corrected chi connectivity index (χ0v) is 17.1. The third-order valence-corrected chi connectivity index (χ3v) is 4.93. The van der Waals surface area contributed by atoms with Crippen molar-refractivity contribution in [3.05, 3.63) is 54.1 Å². The van der Waals surface area contributed by atoms with Crippen molar-refractivity contribution >= 4 is 29.0 Å². The number of aromatic amines is 1. The molecule has 1 fully saturated rings. The van der Waals surface area contributed by atoms with Crippen molar-refractivity contribution < 1.29 is 27.8 Å². The van der Waals surface area contributed by atoms with Crippen LogP contribution in [0.3, 0.4) is 0 Å². The van der Waals surface area contributed by atoms with Crippen LogP contribution < -0.4 is 15.0 Å². The zero-order valence-electron chi connectivity index (χ0n) is 16.4. The molecule has 32 heavy (non-hydrogen) atoms. The van der Waals surface area contributed by atoms with Crippen LogP contribution >= 0.6 is 11.6 Å². The van der Waals surface area contributed by atoms with E-state index in [4.69, 9.17) is 11.6 Å². The molecule has 12 heteroatoms. The molecule has 3 heterocycles. The minimum atomic E-state index is -3.84. The minimum absolute atomic E-state index is 0.0388. The van der Waals surface area contributed by atoms with Crippen molar-refractivity contribution in [2.24, 2.45) is 5.92 Å². The van der Waals surface area contributed by atoms with Crippen molar-refractivity contribution in [3.63, 3.8) is 0 Å². The number of hydrogen-bond acceptors (Lipinski definition) is 6. The number of benzene rings is 1. The molecule has 0 atom stereocenters. The first-order valence-corrected chi connectivity index (χ1v) is 9.83. The summed E-state index contributed by atoms with van der Waals surface area (Å²) in [5, 5.41) is 18.1. The number of aromatic nitrogens is 3. The molecule has 3 N–H and O–H groups in total. The van der Waals surface area contributed by atoms with Crippen LogP contribution in [0, 0.1) is 11.7 Å². The van der Waals surface area contributed by atoms with Gasteiger partial charge in [0.2, 0.25) is 0 Å². The molecule has 1 aliphatic rings. The molecule has 0 saturated carbocycles. The van der Waals surface area contributed by atoms with Gasteiger partial charge in [0, 0.05) is 54.7 Å². The van der Waals surface area contributed by atoms with E-state index in [0.29, 0.717) is 30.2 Å². The number of alkyl halides is 3. The summed E-state index contributed by atoms with van der Waals surface area (Å²) in [4.78, 5) is 18.9. The number of pyridine rings is 1. The molecule has 2 aromatic heterocycles. The zero-order chi connectivity index (χ0) is 22.9. The maximum absolute atomic E-state index is 14.2. The second-order valence-electron chi connectivity index (χ2n) is 7.17. The van der Waals surface area contributed by atoms with Crippen LogP contribution in [-0.4, -0.2) is 51.5 Å². The van der Waals surface area contributed by atoms with Crippen LogP contribution in [0.4, 0.5) is 24.7 Å². The van der Waals surface area contributed by atoms with E-state index in [9.17, 15) is 23.1 Å². The number of amides is 1. The molecule has 168 valence electrons. The van der Waals surface area contributed by atoms with E-state index >= 15 is 0 Å². The molecule has 8 nitrogen and oxygen atoms in total. The van der Waals surface area contributed by atoms with E-state index in [0.717, 1.165) is 6.20 Å². The van der Waals surface area contributed by atoms with Crippen LogP contribution in [0.25, 0.3) is 11.3 Å². The monoisotopic (exact) mass is 467 g/mol. The molecule has 3 aromatic rings. The number of ether oxygens (including phenoxy) is 1. The van der Waals surface area contributed by atoms with E-state index in [1.165, 1.54) is 36.5 Å². The van der Waals surface area contributed by atoms with Gasteiger partial charge in [0.05, 0.1) is 11.8 Å². The van der Waals surface area contributed by atoms with Gasteiger partial charge in [-0.3, -0.25) is 9.89 Å². The number of halogens is 4. The van der Waals surface area contributed by atoms with Crippen molar-refractivity contribution in [1.29, 1.82) is 0 Å². The average molecular weight is 468 g/mol. The maximum Gasteiger partial charge on any atom is 0.487 e. The number of H-pyrrole nitrogens is 1. The third kappa shape index (κ3) is 4.78. The van der Waals surface area contributed by atoms with Crippen LogP contribution in [0.15, 0.2) is 42.7 Å². The molecule has 0 radical (unpaired) electrons. The Bertz CT molecular complexity index is 1110. The predicted molar refractivity (Wildman–Crippen MR) is 110 cm³/mol. The Balaban J connectivity index is 1.56. The number of carbonyl (C=O) groups is 1. The molecular formula is C20H17ClF3N5O3. The SMILES string of the molecule is O=C(Nc1ccc(OC(F)(F)Cl)cc1)c1cnc(N2CC(CO)C2)c(-c2[nH]ncc2F)c1. The molecule has 1 saturated heterocycles. The molecular weight excluding hydrogens is 451 g/mol. The lowest BCUT2D eigenvalue weighted by molar-refractivity contribution is -0.0964. The van der Waals surface area contributed by atoms with Gasteiger partial charge in [-0.05, 0) is 30.3 Å². The van der Waals surface area contributed by atoms with Crippen molar-refractivity contribution in [2.45, 2.75) is 5.57 Å². The van der Waals surface area contributed by atoms with E-state index in [1.807, 2.05) is 4.90 Å². The fourth-order valence-electron chi connectivity index (χ4n) is 3.28. The van der Waals surface area contributed by atoms with Gasteiger partial charge in [-0.2, -0.15) is 5.10 Å². The molecule has 0 aliphatic carbocycles. The molecule has 0 unspecified atom stereocenters. The van der Waals surface area contributed by atoms with Gasteiger partial charge in [0.15, 0.2) is 5.82 Å². The van der Waals surface area contributed by atoms with Crippen LogP contribution in [0.1, 0.15) is 10.4 Å². The highest BCUT2D eigenvalue weighted by Gasteiger charge is 2.30. The van der Waals surface area contributed by atoms with E-state index in [2.05, 4.69) is 25.2 Å². The number of aliphatic hydroxyl groups is 1. The summed E-state index contributed by atoms with van der Waals surface area (Å²) in [5.41, 5.74) is -2.96. The molecule has 4 rings (SSSR count). The average Bonchev–Trinajstić information content (AvgIpc) is 3.13. The second kappa shape index (κ2) is 8.67. The fourth-order valence-corrected chi connectivity index (χ4v) is 3.37. The largest absolute Gasteiger partial charge is 0.487 e. The summed E-state index contributed by atoms with van der Waals surface area (Å²) in [5.74, 6) is -0.764. The summed E-state index contributed by atoms with van der Waals surface area (Å²) in [7, 11) is 0. The highest BCUT2D eigenvalue weighted by molar-refractivity contribution is 6.20. The van der Waals surface area contributed by atoms with Crippen molar-refractivity contribution in [1.82, 2.24) is 15.2 Å². The number of carbonyl (C=O) groups excluding carboxylic acids is 1. The maximum atomic E-state index is 14.2. The summed E-state index contributed by atoms with van der Waals surface area (Å²) in [6, 6.07) is 6.65. The number of nitrogens with one attached hydrogen (secondary N) is 2. The third-order valence-electron chi connectivity index (χ3n) is 4.85. The highest BCUT2D eigenvalue weighted by atomic mass is 35.5. The molecule has 1 aliphatic heterocycles. The van der Waals surface area contributed by atoms with Crippen molar-refractivity contribution in [2.75, 3.05) is 29.9 Å². The molecule has 1 aromatic carbocycles. The lowest BCUT2D eigenvalue weighted by Gasteiger charge is -2.40.